The number of halogens is 2. The lowest BCUT2D eigenvalue weighted by Crippen LogP contribution is -2.40. The van der Waals surface area contributed by atoms with Gasteiger partial charge in [-0.05, 0) is 24.6 Å². The van der Waals surface area contributed by atoms with Gasteiger partial charge in [-0.2, -0.15) is 0 Å². The molecule has 1 heterocycles. The second-order valence-electron chi connectivity index (χ2n) is 4.16. The summed E-state index contributed by atoms with van der Waals surface area (Å²) < 4.78 is 5.50. The van der Waals surface area contributed by atoms with Crippen LogP contribution in [0.5, 0.6) is 0 Å². The minimum Gasteiger partial charge on any atom is -0.376 e. The van der Waals surface area contributed by atoms with Crippen molar-refractivity contribution in [1.82, 2.24) is 11.1 Å². The Balaban J connectivity index is 0.00000144. The minimum absolute atomic E-state index is 0. The number of benzene rings is 1. The van der Waals surface area contributed by atoms with Crippen molar-refractivity contribution in [3.05, 3.63) is 33.8 Å². The summed E-state index contributed by atoms with van der Waals surface area (Å²) in [5.74, 6) is 0. The largest absolute Gasteiger partial charge is 0.376 e. The Bertz CT molecular complexity index is 374. The van der Waals surface area contributed by atoms with Crippen molar-refractivity contribution in [3.8, 4) is 0 Å². The standard InChI is InChI=1S/C12H15Cl2NO.H3N/c1-9-7-15(4-5-16-9)8-10-2-3-11(13)12(14)6-10;/h2-3,6,9H,4-5,7-8H2,1H3;1H3/t9-;/m0./s1. The monoisotopic (exact) mass is 276 g/mol. The van der Waals surface area contributed by atoms with Crippen LogP contribution in [0.15, 0.2) is 18.2 Å². The maximum Gasteiger partial charge on any atom is 0.0674 e. The highest BCUT2D eigenvalue weighted by Crippen LogP contribution is 2.23. The van der Waals surface area contributed by atoms with Crippen molar-refractivity contribution in [1.29, 1.82) is 0 Å². The molecule has 1 aliphatic rings. The van der Waals surface area contributed by atoms with Gasteiger partial charge in [0.1, 0.15) is 0 Å². The molecule has 1 atom stereocenters. The SMILES string of the molecule is C[C@H]1CN(Cc2ccc(Cl)c(Cl)c2)CCO1.N. The highest BCUT2D eigenvalue weighted by Gasteiger charge is 2.16. The van der Waals surface area contributed by atoms with Crippen molar-refractivity contribution in [2.45, 2.75) is 19.6 Å². The molecule has 0 aliphatic carbocycles. The molecule has 0 radical (unpaired) electrons. The minimum atomic E-state index is 0. The van der Waals surface area contributed by atoms with Gasteiger partial charge in [0, 0.05) is 19.6 Å². The summed E-state index contributed by atoms with van der Waals surface area (Å²) in [7, 11) is 0. The van der Waals surface area contributed by atoms with Gasteiger partial charge in [-0.3, -0.25) is 4.90 Å². The summed E-state index contributed by atoms with van der Waals surface area (Å²) in [5, 5.41) is 1.24. The lowest BCUT2D eigenvalue weighted by Gasteiger charge is -2.31. The van der Waals surface area contributed by atoms with Gasteiger partial charge in [-0.25, -0.2) is 0 Å². The fourth-order valence-corrected chi connectivity index (χ4v) is 2.25. The molecule has 1 aromatic carbocycles. The summed E-state index contributed by atoms with van der Waals surface area (Å²) in [5.41, 5.74) is 1.20. The van der Waals surface area contributed by atoms with Crippen molar-refractivity contribution < 1.29 is 4.74 Å². The van der Waals surface area contributed by atoms with Gasteiger partial charge in [0.2, 0.25) is 0 Å². The van der Waals surface area contributed by atoms with Gasteiger partial charge in [-0.1, -0.05) is 29.3 Å². The van der Waals surface area contributed by atoms with Crippen molar-refractivity contribution in [2.24, 2.45) is 0 Å². The molecule has 96 valence electrons. The fraction of sp³-hybridized carbons (Fsp3) is 0.500. The van der Waals surface area contributed by atoms with Crippen molar-refractivity contribution in [3.63, 3.8) is 0 Å². The number of rotatable bonds is 2. The first kappa shape index (κ1) is 14.7. The number of morpholine rings is 1. The van der Waals surface area contributed by atoms with E-state index in [9.17, 15) is 0 Å². The Morgan fingerprint density at radius 1 is 1.35 bits per heavy atom. The summed E-state index contributed by atoms with van der Waals surface area (Å²) in [6.45, 7) is 5.76. The van der Waals surface area contributed by atoms with Crippen LogP contribution in [0.1, 0.15) is 12.5 Å². The van der Waals surface area contributed by atoms with Crippen LogP contribution in [-0.2, 0) is 11.3 Å². The maximum absolute atomic E-state index is 5.99. The van der Waals surface area contributed by atoms with Crippen LogP contribution in [0.3, 0.4) is 0 Å². The van der Waals surface area contributed by atoms with E-state index < -0.39 is 0 Å². The lowest BCUT2D eigenvalue weighted by atomic mass is 10.2. The molecule has 1 aromatic rings. The van der Waals surface area contributed by atoms with Gasteiger partial charge in [0.25, 0.3) is 0 Å². The molecule has 2 rings (SSSR count). The van der Waals surface area contributed by atoms with Gasteiger partial charge in [-0.15, -0.1) is 0 Å². The van der Waals surface area contributed by atoms with Crippen LogP contribution in [0.2, 0.25) is 10.0 Å². The summed E-state index contributed by atoms with van der Waals surface area (Å²) >= 11 is 11.9. The van der Waals surface area contributed by atoms with E-state index >= 15 is 0 Å². The van der Waals surface area contributed by atoms with E-state index in [1.54, 1.807) is 0 Å². The Morgan fingerprint density at radius 2 is 2.12 bits per heavy atom. The predicted molar refractivity (Wildman–Crippen MR) is 72.2 cm³/mol. The maximum atomic E-state index is 5.99. The average molecular weight is 277 g/mol. The van der Waals surface area contributed by atoms with E-state index in [1.165, 1.54) is 5.56 Å². The quantitative estimate of drug-likeness (QED) is 0.901. The second kappa shape index (κ2) is 6.57. The highest BCUT2D eigenvalue weighted by molar-refractivity contribution is 6.42. The van der Waals surface area contributed by atoms with Gasteiger partial charge in [0.15, 0.2) is 0 Å². The molecule has 0 saturated carbocycles. The number of hydrogen-bond donors (Lipinski definition) is 1. The first-order chi connectivity index (χ1) is 7.65. The third-order valence-electron chi connectivity index (χ3n) is 2.72. The highest BCUT2D eigenvalue weighted by atomic mass is 35.5. The van der Waals surface area contributed by atoms with Gasteiger partial charge >= 0.3 is 0 Å². The summed E-state index contributed by atoms with van der Waals surface area (Å²) in [6, 6.07) is 5.81. The van der Waals surface area contributed by atoms with E-state index in [-0.39, 0.29) is 6.15 Å². The average Bonchev–Trinajstić information content (AvgIpc) is 2.24. The molecule has 1 saturated heterocycles. The Labute approximate surface area is 112 Å². The summed E-state index contributed by atoms with van der Waals surface area (Å²) in [4.78, 5) is 2.37. The van der Waals surface area contributed by atoms with Crippen LogP contribution in [0.4, 0.5) is 0 Å². The van der Waals surface area contributed by atoms with Crippen LogP contribution in [-0.4, -0.2) is 30.7 Å². The van der Waals surface area contributed by atoms with Crippen molar-refractivity contribution >= 4 is 23.2 Å². The van der Waals surface area contributed by atoms with Crippen LogP contribution < -0.4 is 6.15 Å². The molecule has 0 amide bonds. The Morgan fingerprint density at radius 3 is 2.76 bits per heavy atom. The molecule has 0 unspecified atom stereocenters. The van der Waals surface area contributed by atoms with Crippen LogP contribution in [0, 0.1) is 0 Å². The molecular weight excluding hydrogens is 259 g/mol. The molecule has 0 aromatic heterocycles. The van der Waals surface area contributed by atoms with E-state index in [2.05, 4.69) is 11.8 Å². The first-order valence-electron chi connectivity index (χ1n) is 5.43. The van der Waals surface area contributed by atoms with E-state index in [4.69, 9.17) is 27.9 Å². The molecule has 1 aliphatic heterocycles. The molecule has 5 heteroatoms. The predicted octanol–water partition coefficient (Wildman–Crippen LogP) is 3.38. The Hall–Kier alpha value is -0.320. The number of ether oxygens (including phenoxy) is 1. The van der Waals surface area contributed by atoms with Crippen LogP contribution in [0.25, 0.3) is 0 Å². The lowest BCUT2D eigenvalue weighted by molar-refractivity contribution is -0.0212. The molecule has 0 bridgehead atoms. The normalized spacial score (nSPS) is 21.0. The van der Waals surface area contributed by atoms with Gasteiger partial charge < -0.3 is 10.9 Å². The molecule has 3 N–H and O–H groups in total. The smallest absolute Gasteiger partial charge is 0.0674 e. The van der Waals surface area contributed by atoms with E-state index in [1.807, 2.05) is 18.2 Å². The fourth-order valence-electron chi connectivity index (χ4n) is 1.93. The molecule has 1 fully saturated rings. The Kier molecular flexibility index (Phi) is 5.70. The molecular formula is C12H18Cl2N2O. The second-order valence-corrected chi connectivity index (χ2v) is 4.98. The first-order valence-corrected chi connectivity index (χ1v) is 6.18. The molecule has 17 heavy (non-hydrogen) atoms. The zero-order valence-corrected chi connectivity index (χ0v) is 11.5. The van der Waals surface area contributed by atoms with Crippen LogP contribution >= 0.6 is 23.2 Å². The molecule has 3 nitrogen and oxygen atoms in total. The van der Waals surface area contributed by atoms with E-state index in [0.29, 0.717) is 16.1 Å². The van der Waals surface area contributed by atoms with Gasteiger partial charge in [0.05, 0.1) is 22.8 Å². The summed E-state index contributed by atoms with van der Waals surface area (Å²) in [6.07, 6.45) is 0.316. The number of nitrogens with zero attached hydrogens (tertiary/aromatic N) is 1. The zero-order valence-electron chi connectivity index (χ0n) is 9.96. The molecule has 0 spiro atoms. The topological polar surface area (TPSA) is 47.5 Å². The zero-order chi connectivity index (χ0) is 11.5. The number of hydrogen-bond acceptors (Lipinski definition) is 3. The van der Waals surface area contributed by atoms with E-state index in [0.717, 1.165) is 26.2 Å². The van der Waals surface area contributed by atoms with Crippen molar-refractivity contribution in [2.75, 3.05) is 19.7 Å². The third kappa shape index (κ3) is 4.12. The third-order valence-corrected chi connectivity index (χ3v) is 3.45.